The summed E-state index contributed by atoms with van der Waals surface area (Å²) in [5.74, 6) is -0.448. The maximum atomic E-state index is 10.9. The normalized spacial score (nSPS) is 14.7. The molecule has 0 spiro atoms. The van der Waals surface area contributed by atoms with Crippen molar-refractivity contribution < 1.29 is 9.59 Å². The van der Waals surface area contributed by atoms with Crippen molar-refractivity contribution in [1.82, 2.24) is 10.6 Å². The highest BCUT2D eigenvalue weighted by Gasteiger charge is 2.16. The van der Waals surface area contributed by atoms with Crippen molar-refractivity contribution in [3.05, 3.63) is 0 Å². The Hall–Kier alpha value is -0.940. The fourth-order valence-electron chi connectivity index (χ4n) is 0.998. The molecule has 13 heavy (non-hydrogen) atoms. The van der Waals surface area contributed by atoms with Crippen LogP contribution in [0.25, 0.3) is 0 Å². The standard InChI is InChI=1S/C8H17N3O2/c1-6(11-8(13)3-9)7(5-12)4-10-2/h5-7,10H,3-4,9H2,1-2H3,(H,11,13)/t6-,7?/m1/s1. The van der Waals surface area contributed by atoms with Crippen LogP contribution in [0.15, 0.2) is 0 Å². The molecule has 4 N–H and O–H groups in total. The highest BCUT2D eigenvalue weighted by molar-refractivity contribution is 5.78. The molecule has 1 unspecified atom stereocenters. The van der Waals surface area contributed by atoms with Gasteiger partial charge in [0.25, 0.3) is 0 Å². The van der Waals surface area contributed by atoms with E-state index in [2.05, 4.69) is 10.6 Å². The van der Waals surface area contributed by atoms with Gasteiger partial charge < -0.3 is 21.2 Å². The summed E-state index contributed by atoms with van der Waals surface area (Å²) in [6, 6.07) is -0.180. The van der Waals surface area contributed by atoms with E-state index in [9.17, 15) is 9.59 Å². The quantitative estimate of drug-likeness (QED) is 0.441. The van der Waals surface area contributed by atoms with Gasteiger partial charge >= 0.3 is 0 Å². The van der Waals surface area contributed by atoms with Crippen molar-refractivity contribution in [1.29, 1.82) is 0 Å². The number of aldehydes is 1. The van der Waals surface area contributed by atoms with E-state index in [4.69, 9.17) is 5.73 Å². The predicted octanol–water partition coefficient (Wildman–Crippen LogP) is -1.52. The Kier molecular flexibility index (Phi) is 6.09. The summed E-state index contributed by atoms with van der Waals surface area (Å²) in [6.45, 7) is 2.29. The van der Waals surface area contributed by atoms with Gasteiger partial charge in [0.2, 0.25) is 5.91 Å². The van der Waals surface area contributed by atoms with Crippen LogP contribution in [-0.4, -0.2) is 38.4 Å². The van der Waals surface area contributed by atoms with Crippen molar-refractivity contribution >= 4 is 12.2 Å². The summed E-state index contributed by atoms with van der Waals surface area (Å²) in [4.78, 5) is 21.5. The molecule has 0 aliphatic heterocycles. The van der Waals surface area contributed by atoms with E-state index < -0.39 is 0 Å². The van der Waals surface area contributed by atoms with Crippen molar-refractivity contribution in [3.63, 3.8) is 0 Å². The highest BCUT2D eigenvalue weighted by atomic mass is 16.2. The summed E-state index contributed by atoms with van der Waals surface area (Å²) in [7, 11) is 1.76. The Morgan fingerprint density at radius 2 is 2.23 bits per heavy atom. The smallest absolute Gasteiger partial charge is 0.233 e. The van der Waals surface area contributed by atoms with E-state index in [1.165, 1.54) is 0 Å². The van der Waals surface area contributed by atoms with Gasteiger partial charge in [-0.3, -0.25) is 4.79 Å². The lowest BCUT2D eigenvalue weighted by Gasteiger charge is -2.19. The third kappa shape index (κ3) is 4.59. The molecule has 5 heteroatoms. The van der Waals surface area contributed by atoms with E-state index in [-0.39, 0.29) is 24.4 Å². The molecule has 0 aromatic rings. The zero-order valence-corrected chi connectivity index (χ0v) is 8.04. The Morgan fingerprint density at radius 3 is 2.62 bits per heavy atom. The molecule has 1 amide bonds. The molecule has 0 heterocycles. The lowest BCUT2D eigenvalue weighted by molar-refractivity contribution is -0.121. The number of nitrogens with two attached hydrogens (primary N) is 1. The second-order valence-corrected chi connectivity index (χ2v) is 2.92. The van der Waals surface area contributed by atoms with Crippen LogP contribution in [-0.2, 0) is 9.59 Å². The molecule has 0 aromatic heterocycles. The van der Waals surface area contributed by atoms with Crippen LogP contribution in [0.2, 0.25) is 0 Å². The Bertz CT molecular complexity index is 173. The van der Waals surface area contributed by atoms with Gasteiger partial charge in [0.05, 0.1) is 6.54 Å². The average molecular weight is 187 g/mol. The van der Waals surface area contributed by atoms with Gasteiger partial charge in [0, 0.05) is 18.5 Å². The zero-order chi connectivity index (χ0) is 10.3. The van der Waals surface area contributed by atoms with Gasteiger partial charge in [0.15, 0.2) is 0 Å². The van der Waals surface area contributed by atoms with E-state index in [1.54, 1.807) is 14.0 Å². The summed E-state index contributed by atoms with van der Waals surface area (Å²) >= 11 is 0. The van der Waals surface area contributed by atoms with E-state index in [1.807, 2.05) is 0 Å². The highest BCUT2D eigenvalue weighted by Crippen LogP contribution is 1.97. The first-order chi connectivity index (χ1) is 6.15. The van der Waals surface area contributed by atoms with Crippen LogP contribution in [0.4, 0.5) is 0 Å². The van der Waals surface area contributed by atoms with Gasteiger partial charge in [0.1, 0.15) is 6.29 Å². The number of rotatable bonds is 6. The summed E-state index contributed by atoms with van der Waals surface area (Å²) in [6.07, 6.45) is 0.831. The van der Waals surface area contributed by atoms with Crippen molar-refractivity contribution in [3.8, 4) is 0 Å². The monoisotopic (exact) mass is 187 g/mol. The Morgan fingerprint density at radius 1 is 1.62 bits per heavy atom. The largest absolute Gasteiger partial charge is 0.352 e. The lowest BCUT2D eigenvalue weighted by Crippen LogP contribution is -2.44. The van der Waals surface area contributed by atoms with Gasteiger partial charge in [-0.15, -0.1) is 0 Å². The van der Waals surface area contributed by atoms with Crippen LogP contribution in [0.5, 0.6) is 0 Å². The Balaban J connectivity index is 3.96. The SMILES string of the molecule is CNCC(C=O)[C@@H](C)NC(=O)CN. The molecule has 0 aliphatic carbocycles. The number of hydrogen-bond acceptors (Lipinski definition) is 4. The molecule has 0 saturated carbocycles. The average Bonchev–Trinajstić information content (AvgIpc) is 2.13. The molecule has 0 aromatic carbocycles. The molecule has 76 valence electrons. The van der Waals surface area contributed by atoms with Crippen molar-refractivity contribution in [2.24, 2.45) is 11.7 Å². The molecule has 2 atom stereocenters. The first-order valence-electron chi connectivity index (χ1n) is 4.25. The Labute approximate surface area is 78.1 Å². The molecule has 0 saturated heterocycles. The zero-order valence-electron chi connectivity index (χ0n) is 8.04. The summed E-state index contributed by atoms with van der Waals surface area (Å²) < 4.78 is 0. The fourth-order valence-corrected chi connectivity index (χ4v) is 0.998. The van der Waals surface area contributed by atoms with Crippen LogP contribution in [0.3, 0.4) is 0 Å². The van der Waals surface area contributed by atoms with Crippen LogP contribution in [0.1, 0.15) is 6.92 Å². The van der Waals surface area contributed by atoms with Gasteiger partial charge in [-0.05, 0) is 14.0 Å². The molecule has 0 fully saturated rings. The number of hydrogen-bond donors (Lipinski definition) is 3. The molecular weight excluding hydrogens is 170 g/mol. The minimum absolute atomic E-state index is 0.0462. The number of carbonyl (C=O) groups excluding carboxylic acids is 2. The molecule has 0 aliphatic rings. The van der Waals surface area contributed by atoms with Gasteiger partial charge in [-0.1, -0.05) is 0 Å². The van der Waals surface area contributed by atoms with Gasteiger partial charge in [-0.2, -0.15) is 0 Å². The summed E-state index contributed by atoms with van der Waals surface area (Å²) in [5, 5.41) is 5.51. The molecule has 5 nitrogen and oxygen atoms in total. The number of nitrogens with one attached hydrogen (secondary N) is 2. The first-order valence-corrected chi connectivity index (χ1v) is 4.25. The molecular formula is C8H17N3O2. The third-order valence-corrected chi connectivity index (χ3v) is 1.83. The topological polar surface area (TPSA) is 84.2 Å². The maximum absolute atomic E-state index is 10.9. The first kappa shape index (κ1) is 12.1. The second kappa shape index (κ2) is 6.56. The molecule has 0 rings (SSSR count). The van der Waals surface area contributed by atoms with Crippen LogP contribution >= 0.6 is 0 Å². The number of carbonyl (C=O) groups is 2. The summed E-state index contributed by atoms with van der Waals surface area (Å²) in [5.41, 5.74) is 5.12. The van der Waals surface area contributed by atoms with E-state index in [0.717, 1.165) is 6.29 Å². The van der Waals surface area contributed by atoms with Gasteiger partial charge in [-0.25, -0.2) is 0 Å². The predicted molar refractivity (Wildman–Crippen MR) is 50.1 cm³/mol. The molecule has 0 bridgehead atoms. The van der Waals surface area contributed by atoms with E-state index in [0.29, 0.717) is 6.54 Å². The number of amides is 1. The minimum Gasteiger partial charge on any atom is -0.352 e. The fraction of sp³-hybridized carbons (Fsp3) is 0.750. The minimum atomic E-state index is -0.240. The van der Waals surface area contributed by atoms with E-state index >= 15 is 0 Å². The van der Waals surface area contributed by atoms with Crippen LogP contribution < -0.4 is 16.4 Å². The maximum Gasteiger partial charge on any atom is 0.233 e. The lowest BCUT2D eigenvalue weighted by atomic mass is 10.0. The third-order valence-electron chi connectivity index (χ3n) is 1.83. The van der Waals surface area contributed by atoms with Crippen molar-refractivity contribution in [2.75, 3.05) is 20.1 Å². The second-order valence-electron chi connectivity index (χ2n) is 2.92. The molecule has 0 radical (unpaired) electrons. The van der Waals surface area contributed by atoms with Crippen molar-refractivity contribution in [2.45, 2.75) is 13.0 Å². The van der Waals surface area contributed by atoms with Crippen LogP contribution in [0, 0.1) is 5.92 Å².